The van der Waals surface area contributed by atoms with Crippen molar-refractivity contribution in [3.63, 3.8) is 0 Å². The van der Waals surface area contributed by atoms with Crippen LogP contribution < -0.4 is 11.1 Å². The van der Waals surface area contributed by atoms with Crippen LogP contribution in [0.5, 0.6) is 0 Å². The van der Waals surface area contributed by atoms with Gasteiger partial charge in [-0.05, 0) is 30.4 Å². The van der Waals surface area contributed by atoms with Gasteiger partial charge in [0, 0.05) is 43.0 Å². The van der Waals surface area contributed by atoms with Crippen LogP contribution in [0.1, 0.15) is 24.8 Å². The number of benzene rings is 1. The first-order valence-corrected chi connectivity index (χ1v) is 8.85. The smallest absolute Gasteiger partial charge is 0.312 e. The molecule has 1 atom stereocenters. The molecule has 0 bridgehead atoms. The van der Waals surface area contributed by atoms with Crippen LogP contribution in [0.4, 0.5) is 4.79 Å². The first-order chi connectivity index (χ1) is 12.6. The monoisotopic (exact) mass is 353 g/mol. The van der Waals surface area contributed by atoms with Crippen molar-refractivity contribution in [2.24, 2.45) is 11.7 Å². The highest BCUT2D eigenvalue weighted by Gasteiger charge is 2.29. The number of nitrogens with zero attached hydrogens (tertiary/aromatic N) is 2. The lowest BCUT2D eigenvalue weighted by Gasteiger charge is -2.33. The number of piperidine rings is 1. The van der Waals surface area contributed by atoms with Crippen LogP contribution in [-0.4, -0.2) is 41.0 Å². The largest absolute Gasteiger partial charge is 0.361 e. The Morgan fingerprint density at radius 1 is 1.35 bits per heavy atom. The number of aromatic nitrogens is 1. The number of hydrogen-bond acceptors (Lipinski definition) is 3. The standard InChI is InChI=1S/C19H23N5O2/c20-8-5-13-6-9-24(10-7-13)18(25)17(23-19(21)26)11-14-12-22-16-4-2-1-3-15(14)16/h1-4,12-13,17,22H,5-7,9-11H2,(H3,21,23,26). The number of rotatable bonds is 5. The van der Waals surface area contributed by atoms with Crippen molar-refractivity contribution in [2.75, 3.05) is 13.1 Å². The highest BCUT2D eigenvalue weighted by atomic mass is 16.2. The van der Waals surface area contributed by atoms with Gasteiger partial charge in [0.1, 0.15) is 6.04 Å². The van der Waals surface area contributed by atoms with Crippen LogP contribution in [0.15, 0.2) is 30.5 Å². The van der Waals surface area contributed by atoms with E-state index in [9.17, 15) is 9.59 Å². The van der Waals surface area contributed by atoms with Gasteiger partial charge in [-0.2, -0.15) is 5.26 Å². The van der Waals surface area contributed by atoms with Gasteiger partial charge in [0.15, 0.2) is 0 Å². The first kappa shape index (κ1) is 17.8. The molecule has 3 rings (SSSR count). The molecule has 1 fully saturated rings. The zero-order valence-electron chi connectivity index (χ0n) is 14.6. The van der Waals surface area contributed by atoms with E-state index in [1.807, 2.05) is 30.5 Å². The van der Waals surface area contributed by atoms with E-state index in [0.29, 0.717) is 31.8 Å². The zero-order valence-corrected chi connectivity index (χ0v) is 14.6. The van der Waals surface area contributed by atoms with Gasteiger partial charge < -0.3 is 20.9 Å². The van der Waals surface area contributed by atoms with Gasteiger partial charge in [-0.25, -0.2) is 4.79 Å². The predicted molar refractivity (Wildman–Crippen MR) is 98.0 cm³/mol. The van der Waals surface area contributed by atoms with Gasteiger partial charge in [-0.1, -0.05) is 18.2 Å². The minimum atomic E-state index is -0.706. The number of primary amides is 1. The molecular formula is C19H23N5O2. The van der Waals surface area contributed by atoms with E-state index < -0.39 is 12.1 Å². The lowest BCUT2D eigenvalue weighted by molar-refractivity contribution is -0.134. The normalized spacial score (nSPS) is 16.2. The number of amides is 3. The minimum Gasteiger partial charge on any atom is -0.361 e. The highest BCUT2D eigenvalue weighted by Crippen LogP contribution is 2.23. The average Bonchev–Trinajstić information content (AvgIpc) is 3.04. The fourth-order valence-electron chi connectivity index (χ4n) is 3.60. The summed E-state index contributed by atoms with van der Waals surface area (Å²) in [6.45, 7) is 1.21. The molecule has 1 saturated heterocycles. The molecule has 1 aliphatic rings. The third-order valence-corrected chi connectivity index (χ3v) is 5.02. The highest BCUT2D eigenvalue weighted by molar-refractivity contribution is 5.89. The third-order valence-electron chi connectivity index (χ3n) is 5.02. The Morgan fingerprint density at radius 3 is 2.77 bits per heavy atom. The van der Waals surface area contributed by atoms with Crippen LogP contribution in [-0.2, 0) is 11.2 Å². The van der Waals surface area contributed by atoms with Crippen molar-refractivity contribution in [1.82, 2.24) is 15.2 Å². The Hall–Kier alpha value is -3.01. The molecule has 7 nitrogen and oxygen atoms in total. The average molecular weight is 353 g/mol. The van der Waals surface area contributed by atoms with Gasteiger partial charge in [-0.3, -0.25) is 4.79 Å². The summed E-state index contributed by atoms with van der Waals surface area (Å²) in [7, 11) is 0. The van der Waals surface area contributed by atoms with E-state index in [4.69, 9.17) is 11.0 Å². The summed E-state index contributed by atoms with van der Waals surface area (Å²) in [6.07, 6.45) is 4.41. The van der Waals surface area contributed by atoms with Crippen LogP contribution >= 0.6 is 0 Å². The van der Waals surface area contributed by atoms with Crippen molar-refractivity contribution >= 4 is 22.8 Å². The molecule has 1 aromatic heterocycles. The summed E-state index contributed by atoms with van der Waals surface area (Å²) < 4.78 is 0. The molecule has 2 aromatic rings. The van der Waals surface area contributed by atoms with Crippen LogP contribution in [0, 0.1) is 17.2 Å². The van der Waals surface area contributed by atoms with E-state index in [1.165, 1.54) is 0 Å². The molecule has 1 aromatic carbocycles. The molecule has 26 heavy (non-hydrogen) atoms. The maximum absolute atomic E-state index is 12.9. The molecule has 0 radical (unpaired) electrons. The SMILES string of the molecule is N#CCC1CCN(C(=O)C(Cc2c[nH]c3ccccc23)NC(N)=O)CC1. The quantitative estimate of drug-likeness (QED) is 0.762. The van der Waals surface area contributed by atoms with Crippen molar-refractivity contribution in [3.05, 3.63) is 36.0 Å². The van der Waals surface area contributed by atoms with Crippen molar-refractivity contribution in [3.8, 4) is 6.07 Å². The Labute approximate surface area is 152 Å². The second-order valence-electron chi connectivity index (χ2n) is 6.76. The second kappa shape index (κ2) is 7.91. The molecule has 0 saturated carbocycles. The van der Waals surface area contributed by atoms with Crippen LogP contribution in [0.3, 0.4) is 0 Å². The molecule has 136 valence electrons. The molecule has 7 heteroatoms. The molecule has 0 aliphatic carbocycles. The summed E-state index contributed by atoms with van der Waals surface area (Å²) in [6, 6.07) is 8.64. The topological polar surface area (TPSA) is 115 Å². The molecule has 0 spiro atoms. The number of H-pyrrole nitrogens is 1. The van der Waals surface area contributed by atoms with E-state index in [0.717, 1.165) is 29.3 Å². The van der Waals surface area contributed by atoms with Gasteiger partial charge in [0.25, 0.3) is 0 Å². The fourth-order valence-corrected chi connectivity index (χ4v) is 3.60. The maximum atomic E-state index is 12.9. The molecule has 4 N–H and O–H groups in total. The van der Waals surface area contributed by atoms with E-state index in [-0.39, 0.29) is 5.91 Å². The van der Waals surface area contributed by atoms with E-state index in [2.05, 4.69) is 16.4 Å². The van der Waals surface area contributed by atoms with Crippen molar-refractivity contribution < 1.29 is 9.59 Å². The fraction of sp³-hybridized carbons (Fsp3) is 0.421. The summed E-state index contributed by atoms with van der Waals surface area (Å²) in [5.74, 6) is 0.227. The van der Waals surface area contributed by atoms with E-state index >= 15 is 0 Å². The maximum Gasteiger partial charge on any atom is 0.312 e. The number of nitrogens with one attached hydrogen (secondary N) is 2. The second-order valence-corrected chi connectivity index (χ2v) is 6.76. The molecule has 1 aliphatic heterocycles. The summed E-state index contributed by atoms with van der Waals surface area (Å²) in [5, 5.41) is 12.4. The zero-order chi connectivity index (χ0) is 18.5. The van der Waals surface area contributed by atoms with Crippen LogP contribution in [0.25, 0.3) is 10.9 Å². The first-order valence-electron chi connectivity index (χ1n) is 8.85. The number of hydrogen-bond donors (Lipinski definition) is 3. The van der Waals surface area contributed by atoms with E-state index in [1.54, 1.807) is 4.90 Å². The lowest BCUT2D eigenvalue weighted by atomic mass is 9.93. The Morgan fingerprint density at radius 2 is 2.08 bits per heavy atom. The Balaban J connectivity index is 1.73. The third kappa shape index (κ3) is 3.97. The van der Waals surface area contributed by atoms with Crippen molar-refractivity contribution in [1.29, 1.82) is 5.26 Å². The number of aromatic amines is 1. The minimum absolute atomic E-state index is 0.121. The van der Waals surface area contributed by atoms with Gasteiger partial charge in [-0.15, -0.1) is 0 Å². The predicted octanol–water partition coefficient (Wildman–Crippen LogP) is 1.90. The van der Waals surface area contributed by atoms with Gasteiger partial charge in [0.05, 0.1) is 6.07 Å². The summed E-state index contributed by atoms with van der Waals surface area (Å²) in [4.78, 5) is 29.3. The summed E-state index contributed by atoms with van der Waals surface area (Å²) >= 11 is 0. The number of para-hydroxylation sites is 1. The molecule has 3 amide bonds. The lowest BCUT2D eigenvalue weighted by Crippen LogP contribution is -2.52. The van der Waals surface area contributed by atoms with Gasteiger partial charge >= 0.3 is 6.03 Å². The number of nitriles is 1. The summed E-state index contributed by atoms with van der Waals surface area (Å²) in [5.41, 5.74) is 7.25. The van der Waals surface area contributed by atoms with Crippen molar-refractivity contribution in [2.45, 2.75) is 31.7 Å². The number of carbonyl (C=O) groups is 2. The number of urea groups is 1. The number of nitrogens with two attached hydrogens (primary N) is 1. The molecular weight excluding hydrogens is 330 g/mol. The van der Waals surface area contributed by atoms with Gasteiger partial charge in [0.2, 0.25) is 5.91 Å². The molecule has 2 heterocycles. The number of likely N-dealkylation sites (tertiary alicyclic amines) is 1. The number of fused-ring (bicyclic) bond motifs is 1. The van der Waals surface area contributed by atoms with Crippen LogP contribution in [0.2, 0.25) is 0 Å². The number of carbonyl (C=O) groups excluding carboxylic acids is 2. The Bertz CT molecular complexity index is 830. The molecule has 1 unspecified atom stereocenters. The Kier molecular flexibility index (Phi) is 5.42.